The molecule has 1 aliphatic heterocycles. The second kappa shape index (κ2) is 4.68. The molecule has 0 spiro atoms. The summed E-state index contributed by atoms with van der Waals surface area (Å²) in [6, 6.07) is 2.47. The van der Waals surface area contributed by atoms with Crippen molar-refractivity contribution in [2.75, 3.05) is 23.3 Å². The molecule has 0 radical (unpaired) electrons. The third kappa shape index (κ3) is 2.77. The van der Waals surface area contributed by atoms with Crippen molar-refractivity contribution < 1.29 is 9.90 Å². The highest BCUT2D eigenvalue weighted by Gasteiger charge is 2.29. The molecule has 1 unspecified atom stereocenters. The van der Waals surface area contributed by atoms with Gasteiger partial charge in [-0.05, 0) is 26.2 Å². The van der Waals surface area contributed by atoms with Crippen LogP contribution in [-0.2, 0) is 4.79 Å². The Kier molecular flexibility index (Phi) is 3.00. The fourth-order valence-corrected chi connectivity index (χ4v) is 2.39. The lowest BCUT2D eigenvalue weighted by Gasteiger charge is -2.18. The SMILES string of the molecule is Cc1nc(NC2CC2)cc(N2CCC(C(=O)O)C2)n1. The lowest BCUT2D eigenvalue weighted by Crippen LogP contribution is -2.24. The number of nitrogens with one attached hydrogen (secondary N) is 1. The maximum atomic E-state index is 11.0. The lowest BCUT2D eigenvalue weighted by atomic mass is 10.1. The Morgan fingerprint density at radius 2 is 2.21 bits per heavy atom. The molecule has 2 aliphatic rings. The summed E-state index contributed by atoms with van der Waals surface area (Å²) in [7, 11) is 0. The van der Waals surface area contributed by atoms with Crippen molar-refractivity contribution in [3.05, 3.63) is 11.9 Å². The quantitative estimate of drug-likeness (QED) is 0.850. The average molecular weight is 262 g/mol. The van der Waals surface area contributed by atoms with E-state index >= 15 is 0 Å². The Balaban J connectivity index is 1.76. The van der Waals surface area contributed by atoms with E-state index in [-0.39, 0.29) is 5.92 Å². The van der Waals surface area contributed by atoms with Crippen molar-refractivity contribution in [3.63, 3.8) is 0 Å². The Morgan fingerprint density at radius 1 is 1.42 bits per heavy atom. The van der Waals surface area contributed by atoms with Crippen LogP contribution in [0.1, 0.15) is 25.1 Å². The fraction of sp³-hybridized carbons (Fsp3) is 0.615. The number of aryl methyl sites for hydroxylation is 1. The van der Waals surface area contributed by atoms with E-state index in [1.54, 1.807) is 0 Å². The Bertz CT molecular complexity index is 501. The van der Waals surface area contributed by atoms with E-state index in [2.05, 4.69) is 15.3 Å². The molecule has 0 bridgehead atoms. The van der Waals surface area contributed by atoms with E-state index in [1.165, 1.54) is 12.8 Å². The van der Waals surface area contributed by atoms with Crippen molar-refractivity contribution in [2.24, 2.45) is 5.92 Å². The third-order valence-corrected chi connectivity index (χ3v) is 3.62. The van der Waals surface area contributed by atoms with Gasteiger partial charge in [0.1, 0.15) is 17.5 Å². The predicted molar refractivity (Wildman–Crippen MR) is 71.4 cm³/mol. The first-order valence-electron chi connectivity index (χ1n) is 6.72. The number of hydrogen-bond donors (Lipinski definition) is 2. The highest BCUT2D eigenvalue weighted by Crippen LogP contribution is 2.27. The van der Waals surface area contributed by atoms with Crippen LogP contribution in [0.4, 0.5) is 11.6 Å². The van der Waals surface area contributed by atoms with E-state index in [0.717, 1.165) is 24.0 Å². The molecule has 2 heterocycles. The van der Waals surface area contributed by atoms with Crippen LogP contribution >= 0.6 is 0 Å². The van der Waals surface area contributed by atoms with E-state index < -0.39 is 5.97 Å². The number of nitrogens with zero attached hydrogens (tertiary/aromatic N) is 3. The van der Waals surface area contributed by atoms with Gasteiger partial charge < -0.3 is 15.3 Å². The van der Waals surface area contributed by atoms with E-state index in [0.29, 0.717) is 19.0 Å². The van der Waals surface area contributed by atoms with Crippen LogP contribution in [0.25, 0.3) is 0 Å². The average Bonchev–Trinajstić information content (AvgIpc) is 3.02. The number of carboxylic acids is 1. The minimum atomic E-state index is -0.718. The van der Waals surface area contributed by atoms with E-state index in [1.807, 2.05) is 17.9 Å². The van der Waals surface area contributed by atoms with Crippen molar-refractivity contribution in [1.82, 2.24) is 9.97 Å². The van der Waals surface area contributed by atoms with Gasteiger partial charge in [0.05, 0.1) is 5.92 Å². The van der Waals surface area contributed by atoms with Crippen molar-refractivity contribution in [3.8, 4) is 0 Å². The van der Waals surface area contributed by atoms with Gasteiger partial charge in [0, 0.05) is 25.2 Å². The largest absolute Gasteiger partial charge is 0.481 e. The minimum absolute atomic E-state index is 0.282. The second-order valence-corrected chi connectivity index (χ2v) is 5.35. The van der Waals surface area contributed by atoms with Gasteiger partial charge >= 0.3 is 5.97 Å². The number of carboxylic acid groups (broad SMARTS) is 1. The summed E-state index contributed by atoms with van der Waals surface area (Å²) in [5.74, 6) is 1.40. The number of anilines is 2. The summed E-state index contributed by atoms with van der Waals surface area (Å²) in [4.78, 5) is 21.8. The molecule has 1 saturated carbocycles. The molecule has 1 aromatic rings. The summed E-state index contributed by atoms with van der Waals surface area (Å²) in [6.45, 7) is 3.15. The molecule has 2 N–H and O–H groups in total. The Hall–Kier alpha value is -1.85. The highest BCUT2D eigenvalue weighted by atomic mass is 16.4. The number of aliphatic carboxylic acids is 1. The van der Waals surface area contributed by atoms with Crippen LogP contribution in [0.3, 0.4) is 0 Å². The topological polar surface area (TPSA) is 78.4 Å². The Morgan fingerprint density at radius 3 is 2.84 bits per heavy atom. The standard InChI is InChI=1S/C13H18N4O2/c1-8-14-11(16-10-2-3-10)6-12(15-8)17-5-4-9(7-17)13(18)19/h6,9-10H,2-5,7H2,1H3,(H,18,19)(H,14,15,16). The zero-order chi connectivity index (χ0) is 13.4. The van der Waals surface area contributed by atoms with Crippen molar-refractivity contribution >= 4 is 17.6 Å². The predicted octanol–water partition coefficient (Wildman–Crippen LogP) is 1.27. The Labute approximate surface area is 111 Å². The van der Waals surface area contributed by atoms with Gasteiger partial charge in [-0.1, -0.05) is 0 Å². The first-order chi connectivity index (χ1) is 9.11. The molecule has 19 heavy (non-hydrogen) atoms. The highest BCUT2D eigenvalue weighted by molar-refractivity contribution is 5.72. The number of rotatable bonds is 4. The zero-order valence-corrected chi connectivity index (χ0v) is 11.0. The van der Waals surface area contributed by atoms with Gasteiger partial charge in [0.15, 0.2) is 0 Å². The number of carbonyl (C=O) groups is 1. The molecule has 3 rings (SSSR count). The molecule has 2 fully saturated rings. The van der Waals surface area contributed by atoms with Gasteiger partial charge in [-0.15, -0.1) is 0 Å². The fourth-order valence-electron chi connectivity index (χ4n) is 2.39. The molecule has 1 atom stereocenters. The van der Waals surface area contributed by atoms with Gasteiger partial charge in [0.2, 0.25) is 0 Å². The second-order valence-electron chi connectivity index (χ2n) is 5.35. The molecule has 0 aromatic carbocycles. The van der Waals surface area contributed by atoms with E-state index in [9.17, 15) is 4.79 Å². The number of aromatic nitrogens is 2. The first kappa shape index (κ1) is 12.2. The first-order valence-corrected chi connectivity index (χ1v) is 6.72. The van der Waals surface area contributed by atoms with Crippen LogP contribution in [0.15, 0.2) is 6.07 Å². The van der Waals surface area contributed by atoms with Gasteiger partial charge in [-0.3, -0.25) is 4.79 Å². The monoisotopic (exact) mass is 262 g/mol. The molecule has 1 aromatic heterocycles. The van der Waals surface area contributed by atoms with Gasteiger partial charge in [-0.2, -0.15) is 0 Å². The smallest absolute Gasteiger partial charge is 0.308 e. The maximum Gasteiger partial charge on any atom is 0.308 e. The molecule has 102 valence electrons. The zero-order valence-electron chi connectivity index (χ0n) is 11.0. The van der Waals surface area contributed by atoms with Crippen LogP contribution < -0.4 is 10.2 Å². The van der Waals surface area contributed by atoms with Crippen LogP contribution in [0, 0.1) is 12.8 Å². The van der Waals surface area contributed by atoms with E-state index in [4.69, 9.17) is 5.11 Å². The van der Waals surface area contributed by atoms with Gasteiger partial charge in [0.25, 0.3) is 0 Å². The van der Waals surface area contributed by atoms with Crippen molar-refractivity contribution in [1.29, 1.82) is 0 Å². The molecular weight excluding hydrogens is 244 g/mol. The van der Waals surface area contributed by atoms with Crippen molar-refractivity contribution in [2.45, 2.75) is 32.2 Å². The molecule has 1 saturated heterocycles. The summed E-state index contributed by atoms with van der Waals surface area (Å²) in [5, 5.41) is 12.4. The van der Waals surface area contributed by atoms with Crippen LogP contribution in [-0.4, -0.2) is 40.2 Å². The number of hydrogen-bond acceptors (Lipinski definition) is 5. The molecule has 6 nitrogen and oxygen atoms in total. The summed E-state index contributed by atoms with van der Waals surface area (Å²) in [5.41, 5.74) is 0. The van der Waals surface area contributed by atoms with Crippen LogP contribution in [0.2, 0.25) is 0 Å². The van der Waals surface area contributed by atoms with Gasteiger partial charge in [-0.25, -0.2) is 9.97 Å². The molecule has 1 aliphatic carbocycles. The summed E-state index contributed by atoms with van der Waals surface area (Å²) >= 11 is 0. The summed E-state index contributed by atoms with van der Waals surface area (Å²) < 4.78 is 0. The third-order valence-electron chi connectivity index (χ3n) is 3.62. The minimum Gasteiger partial charge on any atom is -0.481 e. The maximum absolute atomic E-state index is 11.0. The molecular formula is C13H18N4O2. The normalized spacial score (nSPS) is 22.6. The van der Waals surface area contributed by atoms with Crippen LogP contribution in [0.5, 0.6) is 0 Å². The molecule has 0 amide bonds. The summed E-state index contributed by atoms with van der Waals surface area (Å²) in [6.07, 6.45) is 3.08. The molecule has 6 heteroatoms. The lowest BCUT2D eigenvalue weighted by molar-refractivity contribution is -0.140.